The Balaban J connectivity index is 1.29. The van der Waals surface area contributed by atoms with Crippen LogP contribution in [-0.4, -0.2) is 53.0 Å². The third-order valence-corrected chi connectivity index (χ3v) is 5.84. The summed E-state index contributed by atoms with van der Waals surface area (Å²) < 4.78 is 45.9. The van der Waals surface area contributed by atoms with Crippen LogP contribution in [0.1, 0.15) is 17.7 Å². The highest BCUT2D eigenvalue weighted by molar-refractivity contribution is 5.90. The molecule has 2 aromatic rings. The quantitative estimate of drug-likeness (QED) is 0.693. The zero-order valence-electron chi connectivity index (χ0n) is 18.3. The lowest BCUT2D eigenvalue weighted by Crippen LogP contribution is -2.54. The van der Waals surface area contributed by atoms with Crippen LogP contribution in [-0.2, 0) is 16.1 Å². The first-order valence-electron chi connectivity index (χ1n) is 10.8. The monoisotopic (exact) mass is 454 g/mol. The molecule has 9 heteroatoms. The van der Waals surface area contributed by atoms with Gasteiger partial charge in [0.2, 0.25) is 5.90 Å². The van der Waals surface area contributed by atoms with Gasteiger partial charge in [-0.05, 0) is 43.2 Å². The van der Waals surface area contributed by atoms with Gasteiger partial charge in [-0.2, -0.15) is 4.99 Å². The number of fused-ring (bicyclic) bond motifs is 3. The predicted octanol–water partition coefficient (Wildman–Crippen LogP) is 4.11. The minimum absolute atomic E-state index is 0.0529. The van der Waals surface area contributed by atoms with Crippen molar-refractivity contribution in [3.05, 3.63) is 77.7 Å². The highest BCUT2D eigenvalue weighted by Gasteiger charge is 2.35. The van der Waals surface area contributed by atoms with Gasteiger partial charge in [0.1, 0.15) is 24.0 Å². The number of ether oxygens (including phenoxy) is 3. The molecule has 4 heterocycles. The van der Waals surface area contributed by atoms with Crippen molar-refractivity contribution in [2.45, 2.75) is 26.0 Å². The van der Waals surface area contributed by atoms with Crippen LogP contribution in [0.25, 0.3) is 0 Å². The molecule has 1 aromatic heterocycles. The van der Waals surface area contributed by atoms with Crippen LogP contribution in [0.4, 0.5) is 8.78 Å². The van der Waals surface area contributed by atoms with E-state index in [9.17, 15) is 8.78 Å². The molecule has 1 unspecified atom stereocenters. The molecule has 172 valence electrons. The van der Waals surface area contributed by atoms with Crippen molar-refractivity contribution in [1.29, 1.82) is 0 Å². The summed E-state index contributed by atoms with van der Waals surface area (Å²) in [7, 11) is 0. The second-order valence-corrected chi connectivity index (χ2v) is 8.15. The number of hydrogen-bond donors (Lipinski definition) is 0. The summed E-state index contributed by atoms with van der Waals surface area (Å²) in [6.45, 7) is 8.74. The second-order valence-electron chi connectivity index (χ2n) is 8.15. The molecule has 0 radical (unpaired) electrons. The Bertz CT molecular complexity index is 1110. The number of aryl methyl sites for hydroxylation is 1. The van der Waals surface area contributed by atoms with E-state index in [4.69, 9.17) is 14.2 Å². The summed E-state index contributed by atoms with van der Waals surface area (Å²) >= 11 is 0. The number of hydrogen-bond acceptors (Lipinski definition) is 7. The van der Waals surface area contributed by atoms with Gasteiger partial charge in [-0.15, -0.1) is 0 Å². The first kappa shape index (κ1) is 21.4. The molecule has 0 bridgehead atoms. The van der Waals surface area contributed by atoms with Gasteiger partial charge in [-0.25, -0.2) is 8.78 Å². The molecule has 3 aliphatic heterocycles. The molecule has 7 nitrogen and oxygen atoms in total. The van der Waals surface area contributed by atoms with Gasteiger partial charge < -0.3 is 24.0 Å². The molecule has 3 aliphatic rings. The maximum atomic E-state index is 14.6. The SMILES string of the molecule is C=C1N=C(OCc2cc(F)c(Oc3ccc(C)nc3)c(F)c2)C=C2N1CCC1COCCN21. The standard InChI is InChI=1S/C24H24F2N4O3/c1-15-3-4-19(12-27-15)33-24-20(25)9-17(10-21(24)26)13-32-22-11-23-29(16(2)28-22)6-5-18-14-31-8-7-30(18)23/h3-4,9-12,18H,2,5-8,13-14H2,1H3. The van der Waals surface area contributed by atoms with Crippen molar-refractivity contribution in [3.63, 3.8) is 0 Å². The zero-order valence-corrected chi connectivity index (χ0v) is 18.3. The van der Waals surface area contributed by atoms with Crippen LogP contribution in [0.2, 0.25) is 0 Å². The number of halogens is 2. The smallest absolute Gasteiger partial charge is 0.219 e. The topological polar surface area (TPSA) is 59.4 Å². The Kier molecular flexibility index (Phi) is 5.72. The Labute approximate surface area is 190 Å². The minimum Gasteiger partial charge on any atom is -0.473 e. The third kappa shape index (κ3) is 4.41. The fourth-order valence-electron chi connectivity index (χ4n) is 4.15. The van der Waals surface area contributed by atoms with Crippen LogP contribution in [0.3, 0.4) is 0 Å². The Hall–Kier alpha value is -3.46. The molecule has 0 amide bonds. The summed E-state index contributed by atoms with van der Waals surface area (Å²) in [5.41, 5.74) is 1.10. The predicted molar refractivity (Wildman–Crippen MR) is 117 cm³/mol. The number of aliphatic imine (C=N–C) groups is 1. The van der Waals surface area contributed by atoms with E-state index in [1.165, 1.54) is 18.3 Å². The van der Waals surface area contributed by atoms with E-state index in [0.717, 1.165) is 31.0 Å². The van der Waals surface area contributed by atoms with Gasteiger partial charge in [0.15, 0.2) is 17.4 Å². The van der Waals surface area contributed by atoms with Crippen molar-refractivity contribution in [2.24, 2.45) is 4.99 Å². The molecular weight excluding hydrogens is 430 g/mol. The maximum absolute atomic E-state index is 14.6. The third-order valence-electron chi connectivity index (χ3n) is 5.84. The van der Waals surface area contributed by atoms with E-state index in [1.807, 2.05) is 13.0 Å². The van der Waals surface area contributed by atoms with Crippen LogP contribution >= 0.6 is 0 Å². The van der Waals surface area contributed by atoms with Gasteiger partial charge in [-0.1, -0.05) is 6.58 Å². The summed E-state index contributed by atoms with van der Waals surface area (Å²) in [6.07, 6.45) is 4.23. The van der Waals surface area contributed by atoms with Crippen LogP contribution in [0, 0.1) is 18.6 Å². The van der Waals surface area contributed by atoms with E-state index >= 15 is 0 Å². The van der Waals surface area contributed by atoms with Crippen molar-refractivity contribution in [1.82, 2.24) is 14.8 Å². The lowest BCUT2D eigenvalue weighted by Gasteiger charge is -2.48. The molecule has 0 N–H and O–H groups in total. The second kappa shape index (κ2) is 8.82. The van der Waals surface area contributed by atoms with E-state index in [0.29, 0.717) is 36.5 Å². The first-order valence-corrected chi connectivity index (χ1v) is 10.8. The number of rotatable bonds is 4. The average Bonchev–Trinajstić information content (AvgIpc) is 2.81. The fraction of sp³-hybridized carbons (Fsp3) is 0.333. The molecular formula is C24H24F2N4O3. The van der Waals surface area contributed by atoms with Gasteiger partial charge >= 0.3 is 0 Å². The number of pyridine rings is 1. The van der Waals surface area contributed by atoms with Crippen molar-refractivity contribution in [3.8, 4) is 11.5 Å². The summed E-state index contributed by atoms with van der Waals surface area (Å²) in [5, 5.41) is 0. The number of nitrogens with zero attached hydrogens (tertiary/aromatic N) is 4. The average molecular weight is 454 g/mol. The molecule has 2 fully saturated rings. The molecule has 33 heavy (non-hydrogen) atoms. The number of aromatic nitrogens is 1. The number of morpholine rings is 1. The Morgan fingerprint density at radius 3 is 2.79 bits per heavy atom. The lowest BCUT2D eigenvalue weighted by molar-refractivity contribution is -0.0245. The first-order chi connectivity index (χ1) is 16.0. The van der Waals surface area contributed by atoms with Crippen molar-refractivity contribution < 1.29 is 23.0 Å². The normalized spacial score (nSPS) is 20.0. The van der Waals surface area contributed by atoms with Crippen molar-refractivity contribution >= 4 is 5.90 Å². The summed E-state index contributed by atoms with van der Waals surface area (Å²) in [4.78, 5) is 12.8. The zero-order chi connectivity index (χ0) is 22.9. The molecule has 1 atom stereocenters. The van der Waals surface area contributed by atoms with Crippen LogP contribution < -0.4 is 4.74 Å². The van der Waals surface area contributed by atoms with Gasteiger partial charge in [0, 0.05) is 24.9 Å². The lowest BCUT2D eigenvalue weighted by atomic mass is 10.1. The minimum atomic E-state index is -0.822. The Morgan fingerprint density at radius 2 is 2.03 bits per heavy atom. The molecule has 5 rings (SSSR count). The Morgan fingerprint density at radius 1 is 1.21 bits per heavy atom. The van der Waals surface area contributed by atoms with Crippen LogP contribution in [0.15, 0.2) is 59.8 Å². The highest BCUT2D eigenvalue weighted by atomic mass is 19.1. The van der Waals surface area contributed by atoms with Crippen LogP contribution in [0.5, 0.6) is 11.5 Å². The van der Waals surface area contributed by atoms with E-state index < -0.39 is 17.4 Å². The molecule has 0 saturated carbocycles. The fourth-order valence-corrected chi connectivity index (χ4v) is 4.15. The molecule has 2 saturated heterocycles. The van der Waals surface area contributed by atoms with Gasteiger partial charge in [0.05, 0.1) is 25.5 Å². The van der Waals surface area contributed by atoms with Crippen molar-refractivity contribution in [2.75, 3.05) is 26.3 Å². The van der Waals surface area contributed by atoms with E-state index in [-0.39, 0.29) is 12.4 Å². The number of benzene rings is 1. The summed E-state index contributed by atoms with van der Waals surface area (Å²) in [6, 6.07) is 6.00. The largest absolute Gasteiger partial charge is 0.473 e. The van der Waals surface area contributed by atoms with Gasteiger partial charge in [0.25, 0.3) is 0 Å². The molecule has 0 spiro atoms. The summed E-state index contributed by atoms with van der Waals surface area (Å²) in [5.74, 6) is 0.0332. The van der Waals surface area contributed by atoms with Gasteiger partial charge in [-0.3, -0.25) is 4.98 Å². The van der Waals surface area contributed by atoms with E-state index in [2.05, 4.69) is 26.4 Å². The van der Waals surface area contributed by atoms with E-state index in [1.54, 1.807) is 12.1 Å². The molecule has 1 aromatic carbocycles. The maximum Gasteiger partial charge on any atom is 0.219 e. The highest BCUT2D eigenvalue weighted by Crippen LogP contribution is 2.32. The molecule has 0 aliphatic carbocycles.